The van der Waals surface area contributed by atoms with Crippen LogP contribution in [0.3, 0.4) is 0 Å². The second-order valence-electron chi connectivity index (χ2n) is 5.18. The molecule has 1 amide bonds. The molecule has 1 saturated carbocycles. The molecule has 0 unspecified atom stereocenters. The molecular formula is C15H19NO4. The Morgan fingerprint density at radius 1 is 1.10 bits per heavy atom. The van der Waals surface area contributed by atoms with E-state index in [2.05, 4.69) is 5.32 Å². The van der Waals surface area contributed by atoms with Crippen molar-refractivity contribution in [3.8, 4) is 0 Å². The second kappa shape index (κ2) is 6.52. The minimum Gasteiger partial charge on any atom is -0.481 e. The number of aliphatic hydroxyl groups excluding tert-OH is 1. The highest BCUT2D eigenvalue weighted by molar-refractivity contribution is 5.95. The van der Waals surface area contributed by atoms with Crippen molar-refractivity contribution in [2.75, 3.05) is 5.32 Å². The fourth-order valence-corrected chi connectivity index (χ4v) is 2.67. The number of carbonyl (C=O) groups is 2. The molecule has 5 nitrogen and oxygen atoms in total. The van der Waals surface area contributed by atoms with E-state index in [1.54, 1.807) is 24.3 Å². The quantitative estimate of drug-likeness (QED) is 0.785. The van der Waals surface area contributed by atoms with Crippen molar-refractivity contribution in [2.24, 2.45) is 11.8 Å². The van der Waals surface area contributed by atoms with Crippen LogP contribution >= 0.6 is 0 Å². The number of nitrogens with one attached hydrogen (secondary N) is 1. The Hall–Kier alpha value is -1.88. The van der Waals surface area contributed by atoms with Gasteiger partial charge in [-0.1, -0.05) is 25.0 Å². The van der Waals surface area contributed by atoms with E-state index in [-0.39, 0.29) is 12.5 Å². The first-order valence-electron chi connectivity index (χ1n) is 6.85. The lowest BCUT2D eigenvalue weighted by molar-refractivity contribution is -0.147. The van der Waals surface area contributed by atoms with Gasteiger partial charge in [0.15, 0.2) is 0 Å². The van der Waals surface area contributed by atoms with Crippen LogP contribution in [0.25, 0.3) is 0 Å². The van der Waals surface area contributed by atoms with Gasteiger partial charge in [-0.2, -0.15) is 0 Å². The number of amides is 1. The zero-order valence-electron chi connectivity index (χ0n) is 11.2. The van der Waals surface area contributed by atoms with Gasteiger partial charge in [0, 0.05) is 5.69 Å². The Labute approximate surface area is 117 Å². The third-order valence-electron chi connectivity index (χ3n) is 3.82. The van der Waals surface area contributed by atoms with Crippen LogP contribution in [-0.4, -0.2) is 22.1 Å². The number of carboxylic acid groups (broad SMARTS) is 1. The Balaban J connectivity index is 2.03. The molecule has 0 radical (unpaired) electrons. The van der Waals surface area contributed by atoms with Gasteiger partial charge in [-0.3, -0.25) is 9.59 Å². The van der Waals surface area contributed by atoms with Gasteiger partial charge in [0.25, 0.3) is 0 Å². The van der Waals surface area contributed by atoms with Crippen molar-refractivity contribution in [2.45, 2.75) is 32.3 Å². The van der Waals surface area contributed by atoms with Crippen molar-refractivity contribution in [1.29, 1.82) is 0 Å². The Bertz CT molecular complexity index is 483. The van der Waals surface area contributed by atoms with Gasteiger partial charge >= 0.3 is 5.97 Å². The van der Waals surface area contributed by atoms with Gasteiger partial charge in [-0.25, -0.2) is 0 Å². The topological polar surface area (TPSA) is 86.6 Å². The van der Waals surface area contributed by atoms with Crippen molar-refractivity contribution in [3.63, 3.8) is 0 Å². The van der Waals surface area contributed by atoms with Crippen LogP contribution in [0, 0.1) is 11.8 Å². The summed E-state index contributed by atoms with van der Waals surface area (Å²) in [6.45, 7) is -0.0437. The number of carbonyl (C=O) groups excluding carboxylic acids is 1. The smallest absolute Gasteiger partial charge is 0.307 e. The highest BCUT2D eigenvalue weighted by atomic mass is 16.4. The van der Waals surface area contributed by atoms with E-state index >= 15 is 0 Å². The molecule has 1 aromatic rings. The molecule has 20 heavy (non-hydrogen) atoms. The van der Waals surface area contributed by atoms with Crippen LogP contribution in [0.4, 0.5) is 5.69 Å². The van der Waals surface area contributed by atoms with Gasteiger partial charge in [-0.15, -0.1) is 0 Å². The van der Waals surface area contributed by atoms with Crippen LogP contribution < -0.4 is 5.32 Å². The Kier molecular flexibility index (Phi) is 4.74. The fourth-order valence-electron chi connectivity index (χ4n) is 2.67. The van der Waals surface area contributed by atoms with E-state index < -0.39 is 17.8 Å². The van der Waals surface area contributed by atoms with Gasteiger partial charge in [0.1, 0.15) is 0 Å². The molecule has 0 aromatic heterocycles. The third-order valence-corrected chi connectivity index (χ3v) is 3.82. The maximum absolute atomic E-state index is 12.2. The first-order valence-corrected chi connectivity index (χ1v) is 6.85. The van der Waals surface area contributed by atoms with Crippen molar-refractivity contribution >= 4 is 17.6 Å². The predicted octanol–water partition coefficient (Wildman–Crippen LogP) is 2.01. The summed E-state index contributed by atoms with van der Waals surface area (Å²) in [5.74, 6) is -2.16. The van der Waals surface area contributed by atoms with E-state index in [0.29, 0.717) is 18.5 Å². The fraction of sp³-hybridized carbons (Fsp3) is 0.467. The van der Waals surface area contributed by atoms with E-state index in [1.807, 2.05) is 0 Å². The van der Waals surface area contributed by atoms with Gasteiger partial charge in [0.2, 0.25) is 5.91 Å². The molecule has 3 N–H and O–H groups in total. The van der Waals surface area contributed by atoms with Crippen LogP contribution in [0.15, 0.2) is 24.3 Å². The van der Waals surface area contributed by atoms with Gasteiger partial charge in [0.05, 0.1) is 18.4 Å². The summed E-state index contributed by atoms with van der Waals surface area (Å²) in [6.07, 6.45) is 2.95. The summed E-state index contributed by atoms with van der Waals surface area (Å²) in [4.78, 5) is 23.4. The summed E-state index contributed by atoms with van der Waals surface area (Å²) < 4.78 is 0. The second-order valence-corrected chi connectivity index (χ2v) is 5.18. The summed E-state index contributed by atoms with van der Waals surface area (Å²) in [5, 5.41) is 20.9. The molecule has 0 aliphatic heterocycles. The number of benzene rings is 1. The lowest BCUT2D eigenvalue weighted by Gasteiger charge is -2.27. The summed E-state index contributed by atoms with van der Waals surface area (Å²) in [6, 6.07) is 6.88. The van der Waals surface area contributed by atoms with Crippen LogP contribution in [-0.2, 0) is 16.2 Å². The third kappa shape index (κ3) is 3.36. The zero-order valence-corrected chi connectivity index (χ0v) is 11.2. The minimum atomic E-state index is -0.888. The zero-order chi connectivity index (χ0) is 14.5. The van der Waals surface area contributed by atoms with Crippen molar-refractivity contribution < 1.29 is 19.8 Å². The maximum Gasteiger partial charge on any atom is 0.307 e. The molecule has 1 aliphatic carbocycles. The molecule has 0 spiro atoms. The largest absolute Gasteiger partial charge is 0.481 e. The average Bonchev–Trinajstić information content (AvgIpc) is 2.48. The average molecular weight is 277 g/mol. The van der Waals surface area contributed by atoms with Gasteiger partial charge in [-0.05, 0) is 30.5 Å². The summed E-state index contributed by atoms with van der Waals surface area (Å²) in [7, 11) is 0. The standard InChI is InChI=1S/C15H19NO4/c17-9-10-5-7-11(8-6-10)16-14(18)12-3-1-2-4-13(12)15(19)20/h5-8,12-13,17H,1-4,9H2,(H,16,18)(H,19,20)/t12-,13+/m1/s1. The lowest BCUT2D eigenvalue weighted by atomic mass is 9.78. The summed E-state index contributed by atoms with van der Waals surface area (Å²) >= 11 is 0. The SMILES string of the molecule is O=C(O)[C@H]1CCCC[C@H]1C(=O)Nc1ccc(CO)cc1. The lowest BCUT2D eigenvalue weighted by Crippen LogP contribution is -2.36. The van der Waals surface area contributed by atoms with Crippen molar-refractivity contribution in [3.05, 3.63) is 29.8 Å². The van der Waals surface area contributed by atoms with Crippen LogP contribution in [0.2, 0.25) is 0 Å². The first kappa shape index (κ1) is 14.5. The van der Waals surface area contributed by atoms with Gasteiger partial charge < -0.3 is 15.5 Å². The normalized spacial score (nSPS) is 22.2. The molecule has 0 bridgehead atoms. The van der Waals surface area contributed by atoms with E-state index in [9.17, 15) is 14.7 Å². The molecular weight excluding hydrogens is 258 g/mol. The molecule has 2 rings (SSSR count). The maximum atomic E-state index is 12.2. The monoisotopic (exact) mass is 277 g/mol. The number of anilines is 1. The highest BCUT2D eigenvalue weighted by Crippen LogP contribution is 2.31. The molecule has 1 fully saturated rings. The number of rotatable bonds is 4. The molecule has 5 heteroatoms. The highest BCUT2D eigenvalue weighted by Gasteiger charge is 2.35. The Morgan fingerprint density at radius 2 is 1.70 bits per heavy atom. The van der Waals surface area contributed by atoms with E-state index in [0.717, 1.165) is 18.4 Å². The van der Waals surface area contributed by atoms with E-state index in [1.165, 1.54) is 0 Å². The number of hydrogen-bond donors (Lipinski definition) is 3. The summed E-state index contributed by atoms with van der Waals surface area (Å²) in [5.41, 5.74) is 1.39. The molecule has 1 aliphatic rings. The van der Waals surface area contributed by atoms with Crippen LogP contribution in [0.1, 0.15) is 31.2 Å². The molecule has 2 atom stereocenters. The number of carboxylic acids is 1. The number of aliphatic hydroxyl groups is 1. The van der Waals surface area contributed by atoms with Crippen molar-refractivity contribution in [1.82, 2.24) is 0 Å². The number of aliphatic carboxylic acids is 1. The first-order chi connectivity index (χ1) is 9.61. The van der Waals surface area contributed by atoms with Crippen LogP contribution in [0.5, 0.6) is 0 Å². The minimum absolute atomic E-state index is 0.0437. The molecule has 0 saturated heterocycles. The molecule has 0 heterocycles. The molecule has 108 valence electrons. The Morgan fingerprint density at radius 3 is 2.25 bits per heavy atom. The number of hydrogen-bond acceptors (Lipinski definition) is 3. The van der Waals surface area contributed by atoms with E-state index in [4.69, 9.17) is 5.11 Å². The molecule has 1 aromatic carbocycles. The predicted molar refractivity (Wildman–Crippen MR) is 74.1 cm³/mol.